The lowest BCUT2D eigenvalue weighted by molar-refractivity contribution is 0.122. The molecule has 0 radical (unpaired) electrons. The predicted molar refractivity (Wildman–Crippen MR) is 45.1 cm³/mol. The second kappa shape index (κ2) is 6.30. The average molecular weight is 209 g/mol. The number of nitrogens with two attached hydrogens (primary N) is 1. The minimum Gasteiger partial charge on any atom is -0.402 e. The van der Waals surface area contributed by atoms with E-state index in [1.54, 1.807) is 0 Å². The van der Waals surface area contributed by atoms with Crippen molar-refractivity contribution in [3.8, 4) is 0 Å². The van der Waals surface area contributed by atoms with Gasteiger partial charge in [0.05, 0.1) is 11.9 Å². The Bertz CT molecular complexity index is 255. The maximum Gasteiger partial charge on any atom is 0.631 e. The highest BCUT2D eigenvalue weighted by Gasteiger charge is 2.03. The lowest BCUT2D eigenvalue weighted by Gasteiger charge is -1.96. The van der Waals surface area contributed by atoms with Crippen LogP contribution < -0.4 is 5.73 Å². The van der Waals surface area contributed by atoms with Gasteiger partial charge >= 0.3 is 7.32 Å². The van der Waals surface area contributed by atoms with Crippen molar-refractivity contribution in [2.75, 3.05) is 5.73 Å². The third kappa shape index (κ3) is 7.46. The Morgan fingerprint density at radius 3 is 2.29 bits per heavy atom. The lowest BCUT2D eigenvalue weighted by Crippen LogP contribution is -2.07. The Morgan fingerprint density at radius 1 is 1.50 bits per heavy atom. The van der Waals surface area contributed by atoms with Crippen molar-refractivity contribution in [1.82, 2.24) is 9.78 Å². The Labute approximate surface area is 78.8 Å². The van der Waals surface area contributed by atoms with E-state index < -0.39 is 20.3 Å². The number of alkyl halides is 2. The van der Waals surface area contributed by atoms with Crippen molar-refractivity contribution in [2.45, 2.75) is 13.0 Å². The third-order valence-corrected chi connectivity index (χ3v) is 0.978. The zero-order chi connectivity index (χ0) is 11.1. The zero-order valence-electron chi connectivity index (χ0n) is 7.09. The van der Waals surface area contributed by atoms with Gasteiger partial charge in [-0.3, -0.25) is 4.68 Å². The van der Waals surface area contributed by atoms with E-state index in [2.05, 4.69) is 5.10 Å². The van der Waals surface area contributed by atoms with Crippen molar-refractivity contribution in [1.29, 1.82) is 0 Å². The van der Waals surface area contributed by atoms with Crippen LogP contribution in [-0.4, -0.2) is 38.6 Å². The molecule has 1 aromatic rings. The Kier molecular flexibility index (Phi) is 5.76. The largest absolute Gasteiger partial charge is 0.631 e. The van der Waals surface area contributed by atoms with Crippen LogP contribution in [0.3, 0.4) is 0 Å². The monoisotopic (exact) mass is 209 g/mol. The van der Waals surface area contributed by atoms with E-state index in [0.29, 0.717) is 5.69 Å². The zero-order valence-corrected chi connectivity index (χ0v) is 7.09. The molecule has 80 valence electrons. The third-order valence-electron chi connectivity index (χ3n) is 0.978. The van der Waals surface area contributed by atoms with Crippen LogP contribution in [0, 0.1) is 0 Å². The number of nitrogen functional groups attached to an aromatic ring is 1. The molecule has 9 heteroatoms. The number of nitrogens with zero attached hydrogens (tertiary/aromatic N) is 2. The van der Waals surface area contributed by atoms with Crippen LogP contribution in [0.2, 0.25) is 0 Å². The van der Waals surface area contributed by atoms with E-state index in [-0.39, 0.29) is 0 Å². The Morgan fingerprint density at radius 2 is 2.00 bits per heavy atom. The normalized spacial score (nSPS) is 9.57. The molecule has 0 spiro atoms. The first kappa shape index (κ1) is 12.8. The molecule has 5 N–H and O–H groups in total. The average Bonchev–Trinajstić information content (AvgIpc) is 2.32. The molecule has 0 unspecified atom stereocenters. The Balaban J connectivity index is 0.000000364. The molecule has 0 saturated carbocycles. The first-order chi connectivity index (χ1) is 6.41. The molecule has 6 nitrogen and oxygen atoms in total. The summed E-state index contributed by atoms with van der Waals surface area (Å²) in [6.45, 7) is -0.392. The van der Waals surface area contributed by atoms with Gasteiger partial charge in [-0.2, -0.15) is 5.10 Å². The summed E-state index contributed by atoms with van der Waals surface area (Å²) in [5.74, 6) is 0. The maximum atomic E-state index is 11.6. The van der Waals surface area contributed by atoms with Crippen LogP contribution in [0.4, 0.5) is 14.5 Å². The second-order valence-corrected chi connectivity index (χ2v) is 2.23. The molecule has 0 aliphatic carbocycles. The summed E-state index contributed by atoms with van der Waals surface area (Å²) in [4.78, 5) is 0. The van der Waals surface area contributed by atoms with Crippen molar-refractivity contribution in [3.63, 3.8) is 0 Å². The number of rotatable bonds is 2. The molecule has 0 atom stereocenters. The summed E-state index contributed by atoms with van der Waals surface area (Å²) in [7, 11) is -2.17. The quantitative estimate of drug-likeness (QED) is 0.452. The highest BCUT2D eigenvalue weighted by Crippen LogP contribution is 2.01. The molecule has 0 amide bonds. The number of hydrogen-bond acceptors (Lipinski definition) is 5. The van der Waals surface area contributed by atoms with E-state index in [1.807, 2.05) is 0 Å². The molecule has 1 heterocycles. The maximum absolute atomic E-state index is 11.6. The van der Waals surface area contributed by atoms with Gasteiger partial charge in [0, 0.05) is 6.20 Å². The number of hydrogen-bond donors (Lipinski definition) is 4. The fourth-order valence-electron chi connectivity index (χ4n) is 0.621. The summed E-state index contributed by atoms with van der Waals surface area (Å²) in [6.07, 6.45) is 0.327. The van der Waals surface area contributed by atoms with Gasteiger partial charge in [0.1, 0.15) is 6.54 Å². The van der Waals surface area contributed by atoms with Crippen molar-refractivity contribution in [3.05, 3.63) is 12.4 Å². The van der Waals surface area contributed by atoms with Gasteiger partial charge < -0.3 is 20.8 Å². The van der Waals surface area contributed by atoms with Gasteiger partial charge in [-0.1, -0.05) is 0 Å². The molecule has 14 heavy (non-hydrogen) atoms. The van der Waals surface area contributed by atoms with Crippen molar-refractivity contribution >= 4 is 13.0 Å². The topological polar surface area (TPSA) is 105 Å². The fraction of sp³-hybridized carbons (Fsp3) is 0.400. The van der Waals surface area contributed by atoms with Gasteiger partial charge in [-0.25, -0.2) is 8.78 Å². The molecule has 0 aromatic carbocycles. The van der Waals surface area contributed by atoms with Crippen LogP contribution in [0.25, 0.3) is 0 Å². The van der Waals surface area contributed by atoms with Crippen LogP contribution in [0.15, 0.2) is 12.4 Å². The molecule has 0 bridgehead atoms. The minimum absolute atomic E-state index is 0.392. The van der Waals surface area contributed by atoms with E-state index in [9.17, 15) is 8.78 Å². The van der Waals surface area contributed by atoms with Crippen LogP contribution in [0.5, 0.6) is 0 Å². The van der Waals surface area contributed by atoms with Crippen LogP contribution >= 0.6 is 0 Å². The van der Waals surface area contributed by atoms with Gasteiger partial charge in [0.15, 0.2) is 0 Å². The van der Waals surface area contributed by atoms with Crippen molar-refractivity contribution < 1.29 is 23.9 Å². The number of anilines is 1. The highest BCUT2D eigenvalue weighted by molar-refractivity contribution is 6.30. The van der Waals surface area contributed by atoms with Gasteiger partial charge in [-0.15, -0.1) is 0 Å². The van der Waals surface area contributed by atoms with Gasteiger partial charge in [0.25, 0.3) is 6.43 Å². The first-order valence-electron chi connectivity index (χ1n) is 3.52. The summed E-state index contributed by atoms with van der Waals surface area (Å²) >= 11 is 0. The van der Waals surface area contributed by atoms with Gasteiger partial charge in [0.2, 0.25) is 0 Å². The van der Waals surface area contributed by atoms with Crippen LogP contribution in [-0.2, 0) is 6.54 Å². The van der Waals surface area contributed by atoms with E-state index >= 15 is 0 Å². The molecule has 0 fully saturated rings. The SMILES string of the molecule is Nc1cnn(CC(F)F)c1.OB(O)O. The molecule has 0 saturated heterocycles. The van der Waals surface area contributed by atoms with E-state index in [4.69, 9.17) is 20.8 Å². The molecule has 0 aliphatic rings. The van der Waals surface area contributed by atoms with Crippen molar-refractivity contribution in [2.24, 2.45) is 0 Å². The summed E-state index contributed by atoms with van der Waals surface area (Å²) in [5.41, 5.74) is 5.63. The van der Waals surface area contributed by atoms with Gasteiger partial charge in [-0.05, 0) is 0 Å². The molecule has 1 rings (SSSR count). The number of halogens is 2. The molecular formula is C5H10BF2N3O3. The fourth-order valence-corrected chi connectivity index (χ4v) is 0.621. The van der Waals surface area contributed by atoms with E-state index in [0.717, 1.165) is 4.68 Å². The summed E-state index contributed by atoms with van der Waals surface area (Å²) in [6, 6.07) is 0. The lowest BCUT2D eigenvalue weighted by atomic mass is 10.3. The number of aromatic nitrogens is 2. The summed E-state index contributed by atoms with van der Waals surface area (Å²) in [5, 5.41) is 25.1. The standard InChI is InChI=1S/C5H7F2N3.BH3O3/c6-5(7)3-10-2-4(8)1-9-10;2-1(3)4/h1-2,5H,3,8H2;2-4H. The summed E-state index contributed by atoms with van der Waals surface area (Å²) < 4.78 is 24.4. The predicted octanol–water partition coefficient (Wildman–Crippen LogP) is -1.32. The smallest absolute Gasteiger partial charge is 0.402 e. The van der Waals surface area contributed by atoms with E-state index in [1.165, 1.54) is 12.4 Å². The second-order valence-electron chi connectivity index (χ2n) is 2.23. The van der Waals surface area contributed by atoms with Crippen LogP contribution in [0.1, 0.15) is 0 Å². The highest BCUT2D eigenvalue weighted by atomic mass is 19.3. The molecule has 0 aliphatic heterocycles. The first-order valence-corrected chi connectivity index (χ1v) is 3.52. The Hall–Kier alpha value is -1.19. The minimum atomic E-state index is -2.38. The molecular weight excluding hydrogens is 199 g/mol. The molecule has 1 aromatic heterocycles.